The van der Waals surface area contributed by atoms with E-state index in [1.165, 1.54) is 0 Å². The summed E-state index contributed by atoms with van der Waals surface area (Å²) >= 11 is 1.68. The summed E-state index contributed by atoms with van der Waals surface area (Å²) in [7, 11) is 0. The number of allylic oxidation sites excluding steroid dienone is 2. The molecule has 2 unspecified atom stereocenters. The van der Waals surface area contributed by atoms with Crippen LogP contribution in [0.2, 0.25) is 0 Å². The molecule has 0 bridgehead atoms. The van der Waals surface area contributed by atoms with Crippen LogP contribution >= 0.6 is 11.3 Å². The highest BCUT2D eigenvalue weighted by atomic mass is 32.1. The maximum absolute atomic E-state index is 13.5. The Morgan fingerprint density at radius 1 is 1.21 bits per heavy atom. The summed E-state index contributed by atoms with van der Waals surface area (Å²) in [6.07, 6.45) is 8.34. The van der Waals surface area contributed by atoms with E-state index < -0.39 is 11.4 Å². The molecule has 0 spiro atoms. The number of para-hydroxylation sites is 1. The quantitative estimate of drug-likeness (QED) is 0.795. The minimum atomic E-state index is -0.725. The summed E-state index contributed by atoms with van der Waals surface area (Å²) in [5.41, 5.74) is 0.273. The van der Waals surface area contributed by atoms with Crippen LogP contribution in [0, 0.1) is 17.3 Å². The molecule has 28 heavy (non-hydrogen) atoms. The highest BCUT2D eigenvalue weighted by Crippen LogP contribution is 2.50. The topological polar surface area (TPSA) is 70.5 Å². The fraction of sp³-hybridized carbons (Fsp3) is 0.500. The van der Waals surface area contributed by atoms with Crippen molar-refractivity contribution in [2.45, 2.75) is 38.0 Å². The van der Waals surface area contributed by atoms with Gasteiger partial charge in [-0.25, -0.2) is 4.98 Å². The molecule has 5 rings (SSSR count). The molecule has 146 valence electrons. The lowest BCUT2D eigenvalue weighted by molar-refractivity contribution is -0.149. The lowest BCUT2D eigenvalue weighted by Crippen LogP contribution is -2.41. The van der Waals surface area contributed by atoms with Gasteiger partial charge in [-0.2, -0.15) is 0 Å². The van der Waals surface area contributed by atoms with E-state index >= 15 is 0 Å². The van der Waals surface area contributed by atoms with Crippen LogP contribution in [0.15, 0.2) is 36.4 Å². The predicted molar refractivity (Wildman–Crippen MR) is 108 cm³/mol. The van der Waals surface area contributed by atoms with Crippen LogP contribution in [-0.2, 0) is 9.59 Å². The SMILES string of the molecule is O=C(C1CC=CCC1c1nc2ccccc2s1)N1C[C@@H]2CCC[C@@]2(C(=O)O)C1. The number of hydrogen-bond acceptors (Lipinski definition) is 4. The van der Waals surface area contributed by atoms with Crippen LogP contribution in [0.3, 0.4) is 0 Å². The van der Waals surface area contributed by atoms with E-state index in [9.17, 15) is 14.7 Å². The number of fused-ring (bicyclic) bond motifs is 2. The fourth-order valence-corrected chi connectivity index (χ4v) is 6.60. The number of hydrogen-bond donors (Lipinski definition) is 1. The lowest BCUT2D eigenvalue weighted by Gasteiger charge is -2.31. The molecule has 5 nitrogen and oxygen atoms in total. The fourth-order valence-electron chi connectivity index (χ4n) is 5.45. The van der Waals surface area contributed by atoms with Gasteiger partial charge in [-0.05, 0) is 43.7 Å². The molecule has 6 heteroatoms. The predicted octanol–water partition coefficient (Wildman–Crippen LogP) is 4.06. The van der Waals surface area contributed by atoms with E-state index in [1.54, 1.807) is 11.3 Å². The van der Waals surface area contributed by atoms with Crippen LogP contribution in [0.4, 0.5) is 0 Å². The summed E-state index contributed by atoms with van der Waals surface area (Å²) in [6, 6.07) is 8.10. The molecule has 4 atom stereocenters. The minimum absolute atomic E-state index is 0.0797. The Balaban J connectivity index is 1.42. The molecule has 1 amide bonds. The van der Waals surface area contributed by atoms with Gasteiger partial charge in [0.1, 0.15) is 0 Å². The molecule has 3 aliphatic rings. The standard InChI is InChI=1S/C22H24N2O3S/c25-20(24-12-14-6-5-11-22(14,13-24)21(26)27)16-8-2-1-7-15(16)19-23-17-9-3-4-10-18(17)28-19/h1-4,9-10,14-16H,5-8,11-13H2,(H,26,27)/t14-,15?,16?,22+/m0/s1. The van der Waals surface area contributed by atoms with Gasteiger partial charge in [-0.15, -0.1) is 11.3 Å². The normalized spacial score (nSPS) is 32.0. The van der Waals surface area contributed by atoms with Gasteiger partial charge in [0.05, 0.1) is 26.6 Å². The van der Waals surface area contributed by atoms with Crippen LogP contribution in [0.1, 0.15) is 43.0 Å². The van der Waals surface area contributed by atoms with E-state index in [-0.39, 0.29) is 23.7 Å². The second-order valence-electron chi connectivity index (χ2n) is 8.44. The van der Waals surface area contributed by atoms with Crippen LogP contribution in [-0.4, -0.2) is 40.0 Å². The van der Waals surface area contributed by atoms with Crippen LogP contribution in [0.5, 0.6) is 0 Å². The van der Waals surface area contributed by atoms with Crippen LogP contribution < -0.4 is 0 Å². The first-order valence-electron chi connectivity index (χ1n) is 10.1. The summed E-state index contributed by atoms with van der Waals surface area (Å²) in [4.78, 5) is 32.1. The van der Waals surface area contributed by atoms with Gasteiger partial charge >= 0.3 is 5.97 Å². The molecule has 1 saturated heterocycles. The van der Waals surface area contributed by atoms with E-state index in [2.05, 4.69) is 18.2 Å². The number of amides is 1. The number of carboxylic acids is 1. The number of carbonyl (C=O) groups is 2. The van der Waals surface area contributed by atoms with Gasteiger partial charge in [0.25, 0.3) is 0 Å². The van der Waals surface area contributed by atoms with Crippen molar-refractivity contribution < 1.29 is 14.7 Å². The Hall–Kier alpha value is -2.21. The third-order valence-corrected chi connectivity index (χ3v) is 8.15. The molecule has 1 aliphatic heterocycles. The van der Waals surface area contributed by atoms with Gasteiger partial charge in [-0.3, -0.25) is 9.59 Å². The third-order valence-electron chi connectivity index (χ3n) is 6.99. The number of benzene rings is 1. The maximum Gasteiger partial charge on any atom is 0.311 e. The van der Waals surface area contributed by atoms with E-state index in [4.69, 9.17) is 4.98 Å². The Morgan fingerprint density at radius 3 is 2.82 bits per heavy atom. The van der Waals surface area contributed by atoms with Crippen molar-refractivity contribution in [2.75, 3.05) is 13.1 Å². The first-order valence-corrected chi connectivity index (χ1v) is 10.9. The Morgan fingerprint density at radius 2 is 2.04 bits per heavy atom. The number of likely N-dealkylation sites (tertiary alicyclic amines) is 1. The number of carboxylic acid groups (broad SMARTS) is 1. The largest absolute Gasteiger partial charge is 0.481 e. The number of nitrogens with zero attached hydrogens (tertiary/aromatic N) is 2. The Bertz CT molecular complexity index is 935. The first kappa shape index (κ1) is 17.9. The average molecular weight is 397 g/mol. The van der Waals surface area contributed by atoms with Gasteiger partial charge in [-0.1, -0.05) is 30.7 Å². The molecule has 2 heterocycles. The first-order chi connectivity index (χ1) is 13.6. The second-order valence-corrected chi connectivity index (χ2v) is 9.51. The van der Waals surface area contributed by atoms with Gasteiger partial charge in [0.2, 0.25) is 5.91 Å². The Kier molecular flexibility index (Phi) is 4.27. The van der Waals surface area contributed by atoms with Crippen LogP contribution in [0.25, 0.3) is 10.2 Å². The van der Waals surface area contributed by atoms with Crippen molar-refractivity contribution in [1.82, 2.24) is 9.88 Å². The zero-order valence-corrected chi connectivity index (χ0v) is 16.5. The highest BCUT2D eigenvalue weighted by molar-refractivity contribution is 7.18. The van der Waals surface area contributed by atoms with Crippen molar-refractivity contribution in [3.63, 3.8) is 0 Å². The smallest absolute Gasteiger partial charge is 0.311 e. The van der Waals surface area contributed by atoms with Gasteiger partial charge in [0, 0.05) is 19.0 Å². The number of carbonyl (C=O) groups excluding carboxylic acids is 1. The number of thiazole rings is 1. The molecule has 2 aromatic rings. The lowest BCUT2D eigenvalue weighted by atomic mass is 9.81. The summed E-state index contributed by atoms with van der Waals surface area (Å²) in [6.45, 7) is 0.969. The van der Waals surface area contributed by atoms with E-state index in [0.717, 1.165) is 34.5 Å². The van der Waals surface area contributed by atoms with Crippen molar-refractivity contribution in [3.05, 3.63) is 41.4 Å². The molecule has 1 saturated carbocycles. The molecular formula is C22H24N2O3S. The van der Waals surface area contributed by atoms with Crippen molar-refractivity contribution in [1.29, 1.82) is 0 Å². The van der Waals surface area contributed by atoms with Crippen molar-refractivity contribution in [2.24, 2.45) is 17.3 Å². The summed E-state index contributed by atoms with van der Waals surface area (Å²) in [5, 5.41) is 10.9. The number of aliphatic carboxylic acids is 1. The van der Waals surface area contributed by atoms with E-state index in [0.29, 0.717) is 25.9 Å². The summed E-state index contributed by atoms with van der Waals surface area (Å²) < 4.78 is 1.15. The van der Waals surface area contributed by atoms with Crippen molar-refractivity contribution >= 4 is 33.4 Å². The highest BCUT2D eigenvalue weighted by Gasteiger charge is 2.56. The number of aromatic nitrogens is 1. The molecule has 1 aromatic carbocycles. The maximum atomic E-state index is 13.5. The van der Waals surface area contributed by atoms with Crippen molar-refractivity contribution in [3.8, 4) is 0 Å². The molecule has 1 aromatic heterocycles. The molecule has 2 aliphatic carbocycles. The average Bonchev–Trinajstić information content (AvgIpc) is 3.39. The monoisotopic (exact) mass is 396 g/mol. The third kappa shape index (κ3) is 2.69. The molecule has 2 fully saturated rings. The molecule has 1 N–H and O–H groups in total. The Labute approximate surface area is 168 Å². The van der Waals surface area contributed by atoms with E-state index in [1.807, 2.05) is 23.1 Å². The van der Waals surface area contributed by atoms with Gasteiger partial charge in [0.15, 0.2) is 0 Å². The second kappa shape index (κ2) is 6.69. The van der Waals surface area contributed by atoms with Gasteiger partial charge < -0.3 is 10.0 Å². The zero-order chi connectivity index (χ0) is 19.3. The number of rotatable bonds is 3. The molecule has 0 radical (unpaired) electrons. The zero-order valence-electron chi connectivity index (χ0n) is 15.7. The molecular weight excluding hydrogens is 372 g/mol. The minimum Gasteiger partial charge on any atom is -0.481 e. The summed E-state index contributed by atoms with van der Waals surface area (Å²) in [5.74, 6) is -0.569.